The van der Waals surface area contributed by atoms with Gasteiger partial charge in [-0.25, -0.2) is 0 Å². The van der Waals surface area contributed by atoms with Crippen molar-refractivity contribution in [1.29, 1.82) is 0 Å². The van der Waals surface area contributed by atoms with Gasteiger partial charge in [0.1, 0.15) is 0 Å². The predicted octanol–water partition coefficient (Wildman–Crippen LogP) is 4.85. The van der Waals surface area contributed by atoms with Crippen LogP contribution in [0, 0.1) is 0 Å². The Morgan fingerprint density at radius 1 is 1.26 bits per heavy atom. The Morgan fingerprint density at radius 2 is 1.95 bits per heavy atom. The molecule has 0 aliphatic rings. The molecule has 1 N–H and O–H groups in total. The summed E-state index contributed by atoms with van der Waals surface area (Å²) >= 11 is 12.1. The van der Waals surface area contributed by atoms with Crippen molar-refractivity contribution in [2.24, 2.45) is 0 Å². The van der Waals surface area contributed by atoms with Crippen LogP contribution in [0.4, 0.5) is 0 Å². The molecule has 1 aromatic carbocycles. The van der Waals surface area contributed by atoms with E-state index in [-0.39, 0.29) is 11.6 Å². The van der Waals surface area contributed by atoms with Crippen LogP contribution in [0.3, 0.4) is 0 Å². The highest BCUT2D eigenvalue weighted by atomic mass is 35.5. The molecule has 19 heavy (non-hydrogen) atoms. The first-order valence-electron chi connectivity index (χ1n) is 6.72. The molecule has 0 heterocycles. The maximum Gasteiger partial charge on any atom is 0.0841 e. The second-order valence-electron chi connectivity index (χ2n) is 4.93. The maximum absolute atomic E-state index is 6.13. The van der Waals surface area contributed by atoms with E-state index in [1.54, 1.807) is 7.11 Å². The van der Waals surface area contributed by atoms with Crippen molar-refractivity contribution in [3.8, 4) is 0 Å². The van der Waals surface area contributed by atoms with Crippen molar-refractivity contribution in [2.75, 3.05) is 13.7 Å². The van der Waals surface area contributed by atoms with Gasteiger partial charge in [0, 0.05) is 7.11 Å². The van der Waals surface area contributed by atoms with Gasteiger partial charge in [-0.1, -0.05) is 43.1 Å². The molecular formula is C15H23Cl2NO. The van der Waals surface area contributed by atoms with Gasteiger partial charge in [-0.15, -0.1) is 0 Å². The lowest BCUT2D eigenvalue weighted by molar-refractivity contribution is -0.0299. The number of rotatable bonds is 7. The van der Waals surface area contributed by atoms with Gasteiger partial charge in [0.25, 0.3) is 0 Å². The Balaban J connectivity index is 3.11. The summed E-state index contributed by atoms with van der Waals surface area (Å²) in [6.07, 6.45) is 1.98. The zero-order valence-corrected chi connectivity index (χ0v) is 13.6. The summed E-state index contributed by atoms with van der Waals surface area (Å²) in [5.74, 6) is 0. The third kappa shape index (κ3) is 4.09. The molecule has 0 radical (unpaired) electrons. The molecule has 2 unspecified atom stereocenters. The Labute approximate surface area is 126 Å². The Morgan fingerprint density at radius 3 is 2.42 bits per heavy atom. The maximum atomic E-state index is 6.13. The van der Waals surface area contributed by atoms with Gasteiger partial charge in [-0.05, 0) is 44.0 Å². The molecule has 2 nitrogen and oxygen atoms in total. The first-order valence-corrected chi connectivity index (χ1v) is 7.47. The Kier molecular flexibility index (Phi) is 6.61. The smallest absolute Gasteiger partial charge is 0.0841 e. The number of hydrogen-bond acceptors (Lipinski definition) is 2. The fourth-order valence-corrected chi connectivity index (χ4v) is 2.44. The van der Waals surface area contributed by atoms with E-state index in [1.807, 2.05) is 18.2 Å². The quantitative estimate of drug-likeness (QED) is 0.777. The standard InChI is InChI=1S/C15H23Cl2NO/c1-5-9-18-14(15(3,6-2)19-4)11-7-8-12(16)13(17)10-11/h7-8,10,14,18H,5-6,9H2,1-4H3. The van der Waals surface area contributed by atoms with Crippen LogP contribution < -0.4 is 5.32 Å². The van der Waals surface area contributed by atoms with Gasteiger partial charge in [0.2, 0.25) is 0 Å². The molecule has 0 aliphatic heterocycles. The average Bonchev–Trinajstić information content (AvgIpc) is 2.42. The lowest BCUT2D eigenvalue weighted by atomic mass is 9.87. The van der Waals surface area contributed by atoms with Crippen LogP contribution in [0.15, 0.2) is 18.2 Å². The lowest BCUT2D eigenvalue weighted by Gasteiger charge is -2.37. The van der Waals surface area contributed by atoms with Gasteiger partial charge in [-0.2, -0.15) is 0 Å². The van der Waals surface area contributed by atoms with Gasteiger partial charge in [0.15, 0.2) is 0 Å². The first kappa shape index (κ1) is 16.8. The molecular weight excluding hydrogens is 281 g/mol. The molecule has 0 aliphatic carbocycles. The average molecular weight is 304 g/mol. The third-order valence-corrected chi connectivity index (χ3v) is 4.39. The van der Waals surface area contributed by atoms with E-state index in [1.165, 1.54) is 0 Å². The highest BCUT2D eigenvalue weighted by molar-refractivity contribution is 6.42. The zero-order valence-electron chi connectivity index (χ0n) is 12.1. The molecule has 1 aromatic rings. The number of nitrogens with one attached hydrogen (secondary N) is 1. The molecule has 0 fully saturated rings. The van der Waals surface area contributed by atoms with Crippen molar-refractivity contribution in [1.82, 2.24) is 5.32 Å². The van der Waals surface area contributed by atoms with Crippen LogP contribution in [0.25, 0.3) is 0 Å². The number of methoxy groups -OCH3 is 1. The molecule has 0 saturated heterocycles. The summed E-state index contributed by atoms with van der Waals surface area (Å²) in [4.78, 5) is 0. The van der Waals surface area contributed by atoms with Crippen molar-refractivity contribution in [2.45, 2.75) is 45.3 Å². The molecule has 0 bridgehead atoms. The van der Waals surface area contributed by atoms with Crippen molar-refractivity contribution >= 4 is 23.2 Å². The van der Waals surface area contributed by atoms with Crippen LogP contribution in [-0.2, 0) is 4.74 Å². The largest absolute Gasteiger partial charge is 0.377 e. The normalized spacial score (nSPS) is 16.1. The van der Waals surface area contributed by atoms with E-state index in [2.05, 4.69) is 26.1 Å². The van der Waals surface area contributed by atoms with Crippen LogP contribution in [0.5, 0.6) is 0 Å². The Bertz CT molecular complexity index is 405. The van der Waals surface area contributed by atoms with Gasteiger partial charge in [-0.3, -0.25) is 0 Å². The van der Waals surface area contributed by atoms with E-state index in [0.717, 1.165) is 24.9 Å². The fraction of sp³-hybridized carbons (Fsp3) is 0.600. The van der Waals surface area contributed by atoms with E-state index < -0.39 is 0 Å². The molecule has 0 aromatic heterocycles. The molecule has 0 spiro atoms. The molecule has 2 atom stereocenters. The summed E-state index contributed by atoms with van der Waals surface area (Å²) in [5, 5.41) is 4.71. The van der Waals surface area contributed by atoms with Crippen molar-refractivity contribution < 1.29 is 4.74 Å². The monoisotopic (exact) mass is 303 g/mol. The van der Waals surface area contributed by atoms with Crippen LogP contribution >= 0.6 is 23.2 Å². The van der Waals surface area contributed by atoms with Crippen molar-refractivity contribution in [3.63, 3.8) is 0 Å². The summed E-state index contributed by atoms with van der Waals surface area (Å²) in [6.45, 7) is 7.32. The van der Waals surface area contributed by atoms with Gasteiger partial charge in [0.05, 0.1) is 21.7 Å². The van der Waals surface area contributed by atoms with E-state index in [0.29, 0.717) is 10.0 Å². The molecule has 4 heteroatoms. The predicted molar refractivity (Wildman–Crippen MR) is 83.2 cm³/mol. The number of benzene rings is 1. The van der Waals surface area contributed by atoms with Gasteiger partial charge >= 0.3 is 0 Å². The number of ether oxygens (including phenoxy) is 1. The number of halogens is 2. The molecule has 1 rings (SSSR count). The summed E-state index contributed by atoms with van der Waals surface area (Å²) in [5.41, 5.74) is 0.834. The highest BCUT2D eigenvalue weighted by Crippen LogP contribution is 2.34. The summed E-state index contributed by atoms with van der Waals surface area (Å²) in [6, 6.07) is 5.86. The third-order valence-electron chi connectivity index (χ3n) is 3.65. The Hall–Kier alpha value is -0.280. The second kappa shape index (κ2) is 7.49. The molecule has 0 amide bonds. The molecule has 108 valence electrons. The van der Waals surface area contributed by atoms with Crippen LogP contribution in [-0.4, -0.2) is 19.3 Å². The summed E-state index contributed by atoms with van der Waals surface area (Å²) in [7, 11) is 1.75. The van der Waals surface area contributed by atoms with Gasteiger partial charge < -0.3 is 10.1 Å². The van der Waals surface area contributed by atoms with E-state index >= 15 is 0 Å². The topological polar surface area (TPSA) is 21.3 Å². The lowest BCUT2D eigenvalue weighted by Crippen LogP contribution is -2.43. The first-order chi connectivity index (χ1) is 8.98. The zero-order chi connectivity index (χ0) is 14.5. The minimum atomic E-state index is -0.271. The number of hydrogen-bond donors (Lipinski definition) is 1. The SMILES string of the molecule is CCCNC(c1ccc(Cl)c(Cl)c1)C(C)(CC)OC. The summed E-state index contributed by atoms with van der Waals surface area (Å²) < 4.78 is 5.73. The van der Waals surface area contributed by atoms with Crippen LogP contribution in [0.2, 0.25) is 10.0 Å². The minimum Gasteiger partial charge on any atom is -0.377 e. The van der Waals surface area contributed by atoms with Crippen molar-refractivity contribution in [3.05, 3.63) is 33.8 Å². The van der Waals surface area contributed by atoms with E-state index in [4.69, 9.17) is 27.9 Å². The van der Waals surface area contributed by atoms with Crippen LogP contribution in [0.1, 0.15) is 45.2 Å². The highest BCUT2D eigenvalue weighted by Gasteiger charge is 2.33. The van der Waals surface area contributed by atoms with E-state index in [9.17, 15) is 0 Å². The fourth-order valence-electron chi connectivity index (χ4n) is 2.13. The minimum absolute atomic E-state index is 0.0946. The molecule has 0 saturated carbocycles. The second-order valence-corrected chi connectivity index (χ2v) is 5.75.